The van der Waals surface area contributed by atoms with E-state index in [2.05, 4.69) is 59.2 Å². The highest BCUT2D eigenvalue weighted by Crippen LogP contribution is 2.40. The molecule has 1 aliphatic rings. The van der Waals surface area contributed by atoms with Crippen LogP contribution in [0.25, 0.3) is 11.1 Å². The normalized spacial score (nSPS) is 15.8. The zero-order valence-electron chi connectivity index (χ0n) is 16.6. The summed E-state index contributed by atoms with van der Waals surface area (Å²) >= 11 is 1.59. The number of benzene rings is 1. The molecular formula is C22H26N4OS. The monoisotopic (exact) mass is 394 g/mol. The van der Waals surface area contributed by atoms with E-state index in [0.717, 1.165) is 45.9 Å². The topological polar surface area (TPSA) is 59.0 Å². The minimum Gasteiger partial charge on any atom is -0.352 e. The number of unbranched alkanes of at least 4 members (excludes halogenated alkanes) is 1. The molecule has 0 spiro atoms. The molecule has 0 saturated heterocycles. The molecule has 0 bridgehead atoms. The van der Waals surface area contributed by atoms with Gasteiger partial charge in [0.2, 0.25) is 0 Å². The Morgan fingerprint density at radius 2 is 1.96 bits per heavy atom. The second-order valence-electron chi connectivity index (χ2n) is 7.21. The summed E-state index contributed by atoms with van der Waals surface area (Å²) in [6.07, 6.45) is 5.10. The van der Waals surface area contributed by atoms with Crippen LogP contribution in [0.5, 0.6) is 0 Å². The van der Waals surface area contributed by atoms with Crippen LogP contribution in [0.1, 0.15) is 60.0 Å². The molecule has 3 aromatic rings. The minimum absolute atomic E-state index is 0.0336. The van der Waals surface area contributed by atoms with Gasteiger partial charge in [-0.05, 0) is 37.8 Å². The Hall–Kier alpha value is -2.60. The van der Waals surface area contributed by atoms with Crippen molar-refractivity contribution in [3.63, 3.8) is 0 Å². The molecule has 0 aliphatic carbocycles. The van der Waals surface area contributed by atoms with Crippen LogP contribution in [0.3, 0.4) is 0 Å². The Morgan fingerprint density at radius 1 is 1.18 bits per heavy atom. The highest BCUT2D eigenvalue weighted by molar-refractivity contribution is 7.15. The molecule has 1 aliphatic heterocycles. The second-order valence-corrected chi connectivity index (χ2v) is 8.09. The van der Waals surface area contributed by atoms with Gasteiger partial charge in [-0.15, -0.1) is 11.3 Å². The molecule has 6 heteroatoms. The summed E-state index contributed by atoms with van der Waals surface area (Å²) in [6.45, 7) is 7.12. The zero-order valence-corrected chi connectivity index (χ0v) is 17.4. The fourth-order valence-electron chi connectivity index (χ4n) is 3.72. The third kappa shape index (κ3) is 3.33. The van der Waals surface area contributed by atoms with Crippen LogP contribution in [0.15, 0.2) is 35.8 Å². The Labute approximate surface area is 169 Å². The Kier molecular flexibility index (Phi) is 5.22. The number of hydrogen-bond acceptors (Lipinski definition) is 4. The number of rotatable bonds is 6. The Balaban J connectivity index is 1.60. The van der Waals surface area contributed by atoms with Crippen molar-refractivity contribution in [2.75, 3.05) is 5.32 Å². The third-order valence-electron chi connectivity index (χ3n) is 5.40. The molecule has 0 saturated carbocycles. The molecule has 1 atom stereocenters. The van der Waals surface area contributed by atoms with Crippen LogP contribution in [-0.4, -0.2) is 15.7 Å². The lowest BCUT2D eigenvalue weighted by molar-refractivity contribution is 0.0937. The van der Waals surface area contributed by atoms with E-state index in [1.165, 1.54) is 18.4 Å². The largest absolute Gasteiger partial charge is 0.352 e. The summed E-state index contributed by atoms with van der Waals surface area (Å²) in [6, 6.07) is 8.60. The summed E-state index contributed by atoms with van der Waals surface area (Å²) in [7, 11) is 0. The molecule has 4 rings (SSSR count). The Morgan fingerprint density at radius 3 is 2.64 bits per heavy atom. The zero-order chi connectivity index (χ0) is 19.7. The van der Waals surface area contributed by atoms with Crippen LogP contribution in [0.4, 0.5) is 5.00 Å². The lowest BCUT2D eigenvalue weighted by Gasteiger charge is -2.26. The van der Waals surface area contributed by atoms with E-state index >= 15 is 0 Å². The molecule has 5 nitrogen and oxygen atoms in total. The van der Waals surface area contributed by atoms with E-state index in [-0.39, 0.29) is 12.1 Å². The fourth-order valence-corrected chi connectivity index (χ4v) is 4.72. The maximum atomic E-state index is 12.9. The summed E-state index contributed by atoms with van der Waals surface area (Å²) in [4.78, 5) is 12.9. The van der Waals surface area contributed by atoms with Crippen molar-refractivity contribution >= 4 is 22.2 Å². The molecular weight excluding hydrogens is 368 g/mol. The van der Waals surface area contributed by atoms with Gasteiger partial charge in [0.25, 0.3) is 5.91 Å². The minimum atomic E-state index is -0.247. The van der Waals surface area contributed by atoms with E-state index in [4.69, 9.17) is 0 Å². The molecule has 0 radical (unpaired) electrons. The molecule has 1 aromatic carbocycles. The first-order valence-corrected chi connectivity index (χ1v) is 10.8. The van der Waals surface area contributed by atoms with Gasteiger partial charge in [0.1, 0.15) is 11.2 Å². The summed E-state index contributed by atoms with van der Waals surface area (Å²) in [5.41, 5.74) is 6.25. The molecule has 3 heterocycles. The lowest BCUT2D eigenvalue weighted by Crippen LogP contribution is -2.38. The molecule has 28 heavy (non-hydrogen) atoms. The average Bonchev–Trinajstić information content (AvgIpc) is 3.30. The number of nitrogens with zero attached hydrogens (tertiary/aromatic N) is 2. The van der Waals surface area contributed by atoms with Crippen molar-refractivity contribution in [2.24, 2.45) is 0 Å². The van der Waals surface area contributed by atoms with Crippen LogP contribution in [-0.2, 0) is 13.0 Å². The molecule has 1 amide bonds. The number of aryl methyl sites for hydroxylation is 2. The molecule has 0 fully saturated rings. The van der Waals surface area contributed by atoms with Crippen molar-refractivity contribution in [3.8, 4) is 11.1 Å². The maximum Gasteiger partial charge on any atom is 0.256 e. The molecule has 2 N–H and O–H groups in total. The van der Waals surface area contributed by atoms with E-state index < -0.39 is 0 Å². The van der Waals surface area contributed by atoms with Gasteiger partial charge in [-0.1, -0.05) is 37.6 Å². The predicted molar refractivity (Wildman–Crippen MR) is 115 cm³/mol. The number of aromatic nitrogens is 2. The van der Waals surface area contributed by atoms with E-state index in [0.29, 0.717) is 0 Å². The quantitative estimate of drug-likeness (QED) is 0.609. The van der Waals surface area contributed by atoms with Crippen LogP contribution in [0.2, 0.25) is 0 Å². The van der Waals surface area contributed by atoms with Crippen molar-refractivity contribution in [3.05, 3.63) is 58.2 Å². The molecule has 2 aromatic heterocycles. The number of fused-ring (bicyclic) bond motifs is 1. The highest BCUT2D eigenvalue weighted by Gasteiger charge is 2.30. The van der Waals surface area contributed by atoms with Gasteiger partial charge in [-0.3, -0.25) is 9.48 Å². The lowest BCUT2D eigenvalue weighted by atomic mass is 9.99. The predicted octanol–water partition coefficient (Wildman–Crippen LogP) is 5.14. The van der Waals surface area contributed by atoms with E-state index in [1.807, 2.05) is 17.8 Å². The van der Waals surface area contributed by atoms with Gasteiger partial charge in [0.05, 0.1) is 11.8 Å². The van der Waals surface area contributed by atoms with Gasteiger partial charge in [0.15, 0.2) is 0 Å². The van der Waals surface area contributed by atoms with Gasteiger partial charge in [-0.25, -0.2) is 0 Å². The number of hydrogen-bond donors (Lipinski definition) is 2. The van der Waals surface area contributed by atoms with Crippen molar-refractivity contribution < 1.29 is 4.79 Å². The highest BCUT2D eigenvalue weighted by atomic mass is 32.1. The van der Waals surface area contributed by atoms with Crippen LogP contribution < -0.4 is 10.6 Å². The number of carbonyl (C=O) groups excluding carboxylic acids is 1. The van der Waals surface area contributed by atoms with Gasteiger partial charge in [0, 0.05) is 28.7 Å². The van der Waals surface area contributed by atoms with E-state index in [1.54, 1.807) is 11.3 Å². The smallest absolute Gasteiger partial charge is 0.256 e. The average molecular weight is 395 g/mol. The SMILES string of the molecule is CCCCc1ccc(-c2csc3c2C(=O)NC(c2cnn(CC)c2C)N3)cc1. The van der Waals surface area contributed by atoms with Crippen molar-refractivity contribution in [1.82, 2.24) is 15.1 Å². The first-order chi connectivity index (χ1) is 13.6. The number of carbonyl (C=O) groups is 1. The number of amides is 1. The standard InChI is InChI=1S/C22H26N4OS/c1-4-6-7-15-8-10-16(11-9-15)18-13-28-22-19(18)21(27)24-20(25-22)17-12-23-26(5-2)14(17)3/h8-13,20,25H,4-7H2,1-3H3,(H,24,27). The third-order valence-corrected chi connectivity index (χ3v) is 6.32. The first-order valence-electron chi connectivity index (χ1n) is 9.92. The fraction of sp³-hybridized carbons (Fsp3) is 0.364. The Bertz CT molecular complexity index is 987. The summed E-state index contributed by atoms with van der Waals surface area (Å²) < 4.78 is 1.94. The second kappa shape index (κ2) is 7.80. The van der Waals surface area contributed by atoms with Crippen LogP contribution >= 0.6 is 11.3 Å². The van der Waals surface area contributed by atoms with Crippen molar-refractivity contribution in [1.29, 1.82) is 0 Å². The molecule has 146 valence electrons. The number of thiophene rings is 1. The van der Waals surface area contributed by atoms with Gasteiger partial charge < -0.3 is 10.6 Å². The number of anilines is 1. The first kappa shape index (κ1) is 18.7. The van der Waals surface area contributed by atoms with Gasteiger partial charge >= 0.3 is 0 Å². The summed E-state index contributed by atoms with van der Waals surface area (Å²) in [5, 5.41) is 14.0. The van der Waals surface area contributed by atoms with Gasteiger partial charge in [-0.2, -0.15) is 5.10 Å². The number of nitrogens with one attached hydrogen (secondary N) is 2. The summed E-state index contributed by atoms with van der Waals surface area (Å²) in [5.74, 6) is -0.0336. The maximum absolute atomic E-state index is 12.9. The van der Waals surface area contributed by atoms with Crippen LogP contribution in [0, 0.1) is 6.92 Å². The van der Waals surface area contributed by atoms with Crippen molar-refractivity contribution in [2.45, 2.75) is 52.7 Å². The van der Waals surface area contributed by atoms with E-state index in [9.17, 15) is 4.79 Å². The molecule has 1 unspecified atom stereocenters.